The van der Waals surface area contributed by atoms with Crippen LogP contribution >= 0.6 is 0 Å². The highest BCUT2D eigenvalue weighted by Crippen LogP contribution is 2.28. The highest BCUT2D eigenvalue weighted by Gasteiger charge is 2.26. The lowest BCUT2D eigenvalue weighted by Gasteiger charge is -2.20. The van der Waals surface area contributed by atoms with E-state index >= 15 is 0 Å². The number of nitrogens with zero attached hydrogens (tertiary/aromatic N) is 1. The van der Waals surface area contributed by atoms with Crippen molar-refractivity contribution in [2.75, 3.05) is 31.6 Å². The molecule has 1 aromatic carbocycles. The van der Waals surface area contributed by atoms with E-state index < -0.39 is 11.6 Å². The molecule has 18 heavy (non-hydrogen) atoms. The van der Waals surface area contributed by atoms with Gasteiger partial charge in [-0.1, -0.05) is 0 Å². The Kier molecular flexibility index (Phi) is 4.14. The molecule has 0 spiro atoms. The molecule has 5 heteroatoms. The van der Waals surface area contributed by atoms with Crippen molar-refractivity contribution in [1.82, 2.24) is 0 Å². The van der Waals surface area contributed by atoms with E-state index in [4.69, 9.17) is 10.5 Å². The van der Waals surface area contributed by atoms with Gasteiger partial charge in [0, 0.05) is 20.2 Å². The van der Waals surface area contributed by atoms with E-state index in [0.29, 0.717) is 31.6 Å². The maximum atomic E-state index is 14.0. The Balaban J connectivity index is 2.23. The van der Waals surface area contributed by atoms with Gasteiger partial charge in [0.05, 0.1) is 6.10 Å². The van der Waals surface area contributed by atoms with Crippen LogP contribution in [0.3, 0.4) is 0 Å². The number of anilines is 1. The molecule has 3 nitrogen and oxygen atoms in total. The maximum Gasteiger partial charge on any atom is 0.149 e. The Labute approximate surface area is 106 Å². The molecule has 1 unspecified atom stereocenters. The van der Waals surface area contributed by atoms with Gasteiger partial charge in [-0.05, 0) is 37.1 Å². The van der Waals surface area contributed by atoms with Crippen LogP contribution < -0.4 is 10.6 Å². The number of halogens is 2. The van der Waals surface area contributed by atoms with Gasteiger partial charge in [0.15, 0.2) is 0 Å². The van der Waals surface area contributed by atoms with Crippen molar-refractivity contribution in [3.05, 3.63) is 29.3 Å². The topological polar surface area (TPSA) is 38.5 Å². The second-order valence-electron chi connectivity index (χ2n) is 4.54. The normalized spacial score (nSPS) is 19.6. The quantitative estimate of drug-likeness (QED) is 0.891. The number of nitrogens with two attached hydrogens (primary N) is 1. The van der Waals surface area contributed by atoms with Crippen LogP contribution in [0.15, 0.2) is 12.1 Å². The van der Waals surface area contributed by atoms with Gasteiger partial charge in [0.1, 0.15) is 17.3 Å². The van der Waals surface area contributed by atoms with Crippen molar-refractivity contribution in [3.8, 4) is 0 Å². The van der Waals surface area contributed by atoms with E-state index in [1.807, 2.05) is 0 Å². The van der Waals surface area contributed by atoms with Crippen LogP contribution in [-0.2, 0) is 11.2 Å². The molecule has 1 saturated heterocycles. The summed E-state index contributed by atoms with van der Waals surface area (Å²) in [5, 5.41) is 0. The molecular formula is C13H18F2N2O. The summed E-state index contributed by atoms with van der Waals surface area (Å²) < 4.78 is 33.1. The van der Waals surface area contributed by atoms with E-state index in [-0.39, 0.29) is 11.8 Å². The van der Waals surface area contributed by atoms with Crippen LogP contribution in [0, 0.1) is 11.6 Å². The molecule has 1 aliphatic rings. The molecule has 0 aromatic heterocycles. The van der Waals surface area contributed by atoms with Gasteiger partial charge in [-0.2, -0.15) is 0 Å². The Morgan fingerprint density at radius 2 is 2.06 bits per heavy atom. The highest BCUT2D eigenvalue weighted by molar-refractivity contribution is 5.51. The number of rotatable bonds is 4. The standard InChI is InChI=1S/C13H18F2N2O/c1-18-10-3-5-17(8-10)13-11(14)6-9(2-4-16)7-12(13)15/h6-7,10H,2-5,8,16H2,1H3. The average molecular weight is 256 g/mol. The van der Waals surface area contributed by atoms with Crippen molar-refractivity contribution in [1.29, 1.82) is 0 Å². The van der Waals surface area contributed by atoms with Gasteiger partial charge >= 0.3 is 0 Å². The zero-order chi connectivity index (χ0) is 13.1. The molecule has 0 radical (unpaired) electrons. The zero-order valence-electron chi connectivity index (χ0n) is 10.5. The first-order valence-corrected chi connectivity index (χ1v) is 6.11. The van der Waals surface area contributed by atoms with Crippen molar-refractivity contribution in [2.24, 2.45) is 5.73 Å². The summed E-state index contributed by atoms with van der Waals surface area (Å²) >= 11 is 0. The number of hydrogen-bond donors (Lipinski definition) is 1. The zero-order valence-corrected chi connectivity index (χ0v) is 10.5. The van der Waals surface area contributed by atoms with Crippen molar-refractivity contribution >= 4 is 5.69 Å². The smallest absolute Gasteiger partial charge is 0.149 e. The van der Waals surface area contributed by atoms with E-state index in [1.54, 1.807) is 12.0 Å². The monoisotopic (exact) mass is 256 g/mol. The fraction of sp³-hybridized carbons (Fsp3) is 0.538. The molecule has 2 rings (SSSR count). The molecule has 1 aromatic rings. The van der Waals surface area contributed by atoms with Gasteiger partial charge in [0.2, 0.25) is 0 Å². The summed E-state index contributed by atoms with van der Waals surface area (Å²) in [5.41, 5.74) is 6.03. The number of ether oxygens (including phenoxy) is 1. The molecule has 1 fully saturated rings. The fourth-order valence-corrected chi connectivity index (χ4v) is 2.35. The molecular weight excluding hydrogens is 238 g/mol. The summed E-state index contributed by atoms with van der Waals surface area (Å²) in [4.78, 5) is 1.70. The van der Waals surface area contributed by atoms with Crippen molar-refractivity contribution < 1.29 is 13.5 Å². The molecule has 1 aliphatic heterocycles. The van der Waals surface area contributed by atoms with Gasteiger partial charge in [-0.3, -0.25) is 0 Å². The molecule has 100 valence electrons. The second kappa shape index (κ2) is 5.63. The molecule has 1 atom stereocenters. The predicted octanol–water partition coefficient (Wildman–Crippen LogP) is 1.69. The van der Waals surface area contributed by atoms with Crippen molar-refractivity contribution in [2.45, 2.75) is 18.9 Å². The minimum Gasteiger partial charge on any atom is -0.380 e. The third kappa shape index (κ3) is 2.62. The van der Waals surface area contributed by atoms with Crippen LogP contribution in [-0.4, -0.2) is 32.8 Å². The molecule has 0 bridgehead atoms. The number of hydrogen-bond acceptors (Lipinski definition) is 3. The summed E-state index contributed by atoms with van der Waals surface area (Å²) in [6.07, 6.45) is 1.32. The molecule has 0 aliphatic carbocycles. The summed E-state index contributed by atoms with van der Waals surface area (Å²) in [7, 11) is 1.62. The third-order valence-electron chi connectivity index (χ3n) is 3.30. The largest absolute Gasteiger partial charge is 0.380 e. The Hall–Kier alpha value is -1.20. The van der Waals surface area contributed by atoms with Gasteiger partial charge in [0.25, 0.3) is 0 Å². The Morgan fingerprint density at radius 3 is 2.56 bits per heavy atom. The SMILES string of the molecule is COC1CCN(c2c(F)cc(CCN)cc2F)C1. The highest BCUT2D eigenvalue weighted by atomic mass is 19.1. The van der Waals surface area contributed by atoms with E-state index in [1.165, 1.54) is 12.1 Å². The van der Waals surface area contributed by atoms with Crippen LogP contribution in [0.25, 0.3) is 0 Å². The third-order valence-corrected chi connectivity index (χ3v) is 3.30. The van der Waals surface area contributed by atoms with Crippen molar-refractivity contribution in [3.63, 3.8) is 0 Å². The number of benzene rings is 1. The molecule has 2 N–H and O–H groups in total. The first kappa shape index (κ1) is 13.2. The Morgan fingerprint density at radius 1 is 1.39 bits per heavy atom. The first-order chi connectivity index (χ1) is 8.65. The summed E-state index contributed by atoms with van der Waals surface area (Å²) in [6.45, 7) is 1.52. The summed E-state index contributed by atoms with van der Waals surface area (Å²) in [5.74, 6) is -1.04. The van der Waals surface area contributed by atoms with Gasteiger partial charge < -0.3 is 15.4 Å². The van der Waals surface area contributed by atoms with Gasteiger partial charge in [-0.25, -0.2) is 8.78 Å². The lowest BCUT2D eigenvalue weighted by molar-refractivity contribution is 0.121. The van der Waals surface area contributed by atoms with Crippen LogP contribution in [0.4, 0.5) is 14.5 Å². The predicted molar refractivity (Wildman–Crippen MR) is 66.7 cm³/mol. The Bertz CT molecular complexity index is 402. The lowest BCUT2D eigenvalue weighted by atomic mass is 10.1. The maximum absolute atomic E-state index is 14.0. The van der Waals surface area contributed by atoms with Crippen LogP contribution in [0.1, 0.15) is 12.0 Å². The van der Waals surface area contributed by atoms with Gasteiger partial charge in [-0.15, -0.1) is 0 Å². The molecule has 1 heterocycles. The minimum absolute atomic E-state index is 0.0486. The minimum atomic E-state index is -0.518. The number of methoxy groups -OCH3 is 1. The average Bonchev–Trinajstić information content (AvgIpc) is 2.77. The van der Waals surface area contributed by atoms with E-state index in [2.05, 4.69) is 0 Å². The molecule has 0 saturated carbocycles. The second-order valence-corrected chi connectivity index (χ2v) is 4.54. The lowest BCUT2D eigenvalue weighted by Crippen LogP contribution is -2.24. The van der Waals surface area contributed by atoms with Crippen LogP contribution in [0.5, 0.6) is 0 Å². The van der Waals surface area contributed by atoms with E-state index in [0.717, 1.165) is 6.42 Å². The fourth-order valence-electron chi connectivity index (χ4n) is 2.35. The van der Waals surface area contributed by atoms with Crippen LogP contribution in [0.2, 0.25) is 0 Å². The summed E-state index contributed by atoms with van der Waals surface area (Å²) in [6, 6.07) is 2.73. The molecule has 0 amide bonds. The first-order valence-electron chi connectivity index (χ1n) is 6.11. The van der Waals surface area contributed by atoms with E-state index in [9.17, 15) is 8.78 Å².